The molecule has 20 heavy (non-hydrogen) atoms. The maximum absolute atomic E-state index is 9.10. The fourth-order valence-electron chi connectivity index (χ4n) is 2.43. The number of aliphatic imine (C=N–C) groups is 1. The van der Waals surface area contributed by atoms with Crippen molar-refractivity contribution in [1.29, 1.82) is 5.26 Å². The zero-order valence-electron chi connectivity index (χ0n) is 12.2. The van der Waals surface area contributed by atoms with Gasteiger partial charge in [0, 0.05) is 18.0 Å². The van der Waals surface area contributed by atoms with Crippen molar-refractivity contribution in [3.05, 3.63) is 15.6 Å². The van der Waals surface area contributed by atoms with Gasteiger partial charge in [0.1, 0.15) is 5.01 Å². The largest absolute Gasteiger partial charge is 0.352 e. The van der Waals surface area contributed by atoms with Gasteiger partial charge in [-0.05, 0) is 33.1 Å². The monoisotopic (exact) mass is 291 g/mol. The Morgan fingerprint density at radius 2 is 2.30 bits per heavy atom. The first-order valence-electron chi connectivity index (χ1n) is 6.93. The summed E-state index contributed by atoms with van der Waals surface area (Å²) in [4.78, 5) is 9.98. The molecule has 6 heteroatoms. The molecular formula is C14H21N5S. The number of guanidine groups is 1. The second kappa shape index (κ2) is 6.71. The molecule has 0 spiro atoms. The van der Waals surface area contributed by atoms with E-state index in [0.29, 0.717) is 6.54 Å². The molecule has 1 aliphatic rings. The van der Waals surface area contributed by atoms with Crippen LogP contribution in [0.3, 0.4) is 0 Å². The smallest absolute Gasteiger partial charge is 0.191 e. The lowest BCUT2D eigenvalue weighted by Crippen LogP contribution is -2.44. The third-order valence-electron chi connectivity index (χ3n) is 3.71. The van der Waals surface area contributed by atoms with Crippen molar-refractivity contribution in [2.45, 2.75) is 45.7 Å². The van der Waals surface area contributed by atoms with Gasteiger partial charge in [-0.2, -0.15) is 5.26 Å². The molecule has 2 unspecified atom stereocenters. The molecule has 1 fully saturated rings. The van der Waals surface area contributed by atoms with Crippen LogP contribution in [0.15, 0.2) is 4.99 Å². The van der Waals surface area contributed by atoms with Gasteiger partial charge < -0.3 is 10.6 Å². The third kappa shape index (κ3) is 3.48. The Morgan fingerprint density at radius 1 is 1.50 bits per heavy atom. The van der Waals surface area contributed by atoms with Crippen LogP contribution in [-0.4, -0.2) is 24.0 Å². The Morgan fingerprint density at radius 3 is 2.90 bits per heavy atom. The minimum atomic E-state index is 0.0953. The minimum absolute atomic E-state index is 0.0953. The van der Waals surface area contributed by atoms with Crippen LogP contribution in [0.1, 0.15) is 34.8 Å². The summed E-state index contributed by atoms with van der Waals surface area (Å²) in [7, 11) is 1.75. The highest BCUT2D eigenvalue weighted by Crippen LogP contribution is 2.24. The van der Waals surface area contributed by atoms with E-state index in [-0.39, 0.29) is 12.0 Å². The molecule has 5 nitrogen and oxygen atoms in total. The molecule has 0 bridgehead atoms. The Balaban J connectivity index is 1.88. The van der Waals surface area contributed by atoms with E-state index in [2.05, 4.69) is 33.6 Å². The highest BCUT2D eigenvalue weighted by atomic mass is 32.1. The van der Waals surface area contributed by atoms with Gasteiger partial charge in [0.05, 0.1) is 24.2 Å². The molecule has 0 aliphatic heterocycles. The molecule has 0 aromatic carbocycles. The standard InChI is InChI=1S/C14H21N5S/c1-9-10(2)20-13(18-9)8-17-14(16-3)19-12-6-4-5-11(12)7-15/h11-12H,4-6,8H2,1-3H3,(H2,16,17,19). The number of aryl methyl sites for hydroxylation is 2. The van der Waals surface area contributed by atoms with Crippen LogP contribution < -0.4 is 10.6 Å². The van der Waals surface area contributed by atoms with E-state index in [4.69, 9.17) is 5.26 Å². The number of thiazole rings is 1. The molecule has 2 atom stereocenters. The van der Waals surface area contributed by atoms with E-state index in [0.717, 1.165) is 35.9 Å². The van der Waals surface area contributed by atoms with Crippen LogP contribution in [-0.2, 0) is 6.54 Å². The van der Waals surface area contributed by atoms with E-state index in [1.165, 1.54) is 4.88 Å². The summed E-state index contributed by atoms with van der Waals surface area (Å²) in [5, 5.41) is 16.8. The van der Waals surface area contributed by atoms with Gasteiger partial charge in [-0.25, -0.2) is 4.98 Å². The fourth-order valence-corrected chi connectivity index (χ4v) is 3.31. The topological polar surface area (TPSA) is 73.1 Å². The van der Waals surface area contributed by atoms with Crippen LogP contribution in [0.4, 0.5) is 0 Å². The lowest BCUT2D eigenvalue weighted by molar-refractivity contribution is 0.532. The number of nitrogens with zero attached hydrogens (tertiary/aromatic N) is 3. The molecule has 2 rings (SSSR count). The van der Waals surface area contributed by atoms with Crippen molar-refractivity contribution >= 4 is 17.3 Å². The molecular weight excluding hydrogens is 270 g/mol. The second-order valence-electron chi connectivity index (χ2n) is 5.09. The minimum Gasteiger partial charge on any atom is -0.352 e. The zero-order chi connectivity index (χ0) is 14.5. The van der Waals surface area contributed by atoms with Gasteiger partial charge in [-0.15, -0.1) is 11.3 Å². The Bertz CT molecular complexity index is 509. The second-order valence-corrected chi connectivity index (χ2v) is 6.38. The molecule has 1 saturated carbocycles. The summed E-state index contributed by atoms with van der Waals surface area (Å²) in [6.45, 7) is 4.78. The first kappa shape index (κ1) is 14.8. The van der Waals surface area contributed by atoms with E-state index in [1.807, 2.05) is 6.92 Å². The summed E-state index contributed by atoms with van der Waals surface area (Å²) in [6.07, 6.45) is 3.13. The van der Waals surface area contributed by atoms with Gasteiger partial charge in [0.15, 0.2) is 5.96 Å². The summed E-state index contributed by atoms with van der Waals surface area (Å²) >= 11 is 1.71. The molecule has 1 aromatic heterocycles. The van der Waals surface area contributed by atoms with E-state index in [1.54, 1.807) is 18.4 Å². The lowest BCUT2D eigenvalue weighted by atomic mass is 10.1. The molecule has 0 radical (unpaired) electrons. The Kier molecular flexibility index (Phi) is 4.96. The average Bonchev–Trinajstić information content (AvgIpc) is 3.01. The molecule has 0 amide bonds. The lowest BCUT2D eigenvalue weighted by Gasteiger charge is -2.18. The molecule has 108 valence electrons. The number of hydrogen-bond donors (Lipinski definition) is 2. The molecule has 2 N–H and O–H groups in total. The van der Waals surface area contributed by atoms with Crippen LogP contribution in [0.5, 0.6) is 0 Å². The summed E-state index contributed by atoms with van der Waals surface area (Å²) in [5.74, 6) is 0.848. The number of aromatic nitrogens is 1. The number of hydrogen-bond acceptors (Lipinski definition) is 4. The maximum Gasteiger partial charge on any atom is 0.191 e. The van der Waals surface area contributed by atoms with Gasteiger partial charge in [-0.1, -0.05) is 0 Å². The third-order valence-corrected chi connectivity index (χ3v) is 4.78. The Hall–Kier alpha value is -1.61. The van der Waals surface area contributed by atoms with Gasteiger partial charge in [0.2, 0.25) is 0 Å². The van der Waals surface area contributed by atoms with E-state index in [9.17, 15) is 0 Å². The molecule has 1 heterocycles. The first-order valence-corrected chi connectivity index (χ1v) is 7.75. The van der Waals surface area contributed by atoms with E-state index >= 15 is 0 Å². The quantitative estimate of drug-likeness (QED) is 0.661. The van der Waals surface area contributed by atoms with Crippen molar-refractivity contribution in [1.82, 2.24) is 15.6 Å². The van der Waals surface area contributed by atoms with Gasteiger partial charge in [-0.3, -0.25) is 4.99 Å². The van der Waals surface area contributed by atoms with Crippen molar-refractivity contribution in [2.24, 2.45) is 10.9 Å². The predicted molar refractivity (Wildman–Crippen MR) is 81.7 cm³/mol. The van der Waals surface area contributed by atoms with Crippen LogP contribution in [0.25, 0.3) is 0 Å². The predicted octanol–water partition coefficient (Wildman–Crippen LogP) is 2.12. The summed E-state index contributed by atoms with van der Waals surface area (Å²) in [5.41, 5.74) is 1.09. The van der Waals surface area contributed by atoms with Gasteiger partial charge in [0.25, 0.3) is 0 Å². The van der Waals surface area contributed by atoms with Crippen molar-refractivity contribution in [3.63, 3.8) is 0 Å². The van der Waals surface area contributed by atoms with Crippen LogP contribution in [0.2, 0.25) is 0 Å². The number of nitriles is 1. The van der Waals surface area contributed by atoms with Crippen molar-refractivity contribution < 1.29 is 0 Å². The van der Waals surface area contributed by atoms with E-state index < -0.39 is 0 Å². The first-order chi connectivity index (χ1) is 9.63. The van der Waals surface area contributed by atoms with Crippen molar-refractivity contribution in [3.8, 4) is 6.07 Å². The fraction of sp³-hybridized carbons (Fsp3) is 0.643. The van der Waals surface area contributed by atoms with Crippen molar-refractivity contribution in [2.75, 3.05) is 7.05 Å². The molecule has 1 aliphatic carbocycles. The summed E-state index contributed by atoms with van der Waals surface area (Å²) in [6, 6.07) is 2.59. The Labute approximate surface area is 124 Å². The van der Waals surface area contributed by atoms with Gasteiger partial charge >= 0.3 is 0 Å². The number of nitrogens with one attached hydrogen (secondary N) is 2. The highest BCUT2D eigenvalue weighted by molar-refractivity contribution is 7.11. The molecule has 1 aromatic rings. The highest BCUT2D eigenvalue weighted by Gasteiger charge is 2.27. The van der Waals surface area contributed by atoms with Crippen LogP contribution in [0, 0.1) is 31.1 Å². The maximum atomic E-state index is 9.10. The SMILES string of the molecule is CN=C(NCc1nc(C)c(C)s1)NC1CCCC1C#N. The number of rotatable bonds is 3. The molecule has 0 saturated heterocycles. The normalized spacial score (nSPS) is 22.6. The average molecular weight is 291 g/mol. The zero-order valence-corrected chi connectivity index (χ0v) is 13.0. The van der Waals surface area contributed by atoms with Crippen LogP contribution >= 0.6 is 11.3 Å². The summed E-state index contributed by atoms with van der Waals surface area (Å²) < 4.78 is 0.